The standard InChI is InChI=1S/C15H20FNO3/c1-15(19-9-10-20-15)7-8-17-14(18)6-5-12-3-2-4-13(16)11-12/h2-4,11H,5-10H2,1H3,(H,17,18). The predicted molar refractivity (Wildman–Crippen MR) is 72.7 cm³/mol. The zero-order valence-electron chi connectivity index (χ0n) is 11.7. The quantitative estimate of drug-likeness (QED) is 0.868. The van der Waals surface area contributed by atoms with Crippen LogP contribution in [0.15, 0.2) is 24.3 Å². The Morgan fingerprint density at radius 2 is 2.15 bits per heavy atom. The summed E-state index contributed by atoms with van der Waals surface area (Å²) in [5.74, 6) is -0.891. The molecule has 20 heavy (non-hydrogen) atoms. The largest absolute Gasteiger partial charge is 0.356 e. The van der Waals surface area contributed by atoms with E-state index in [9.17, 15) is 9.18 Å². The second-order valence-corrected chi connectivity index (χ2v) is 5.06. The Balaban J connectivity index is 1.65. The minimum atomic E-state index is -0.574. The molecule has 1 aromatic rings. The molecule has 110 valence electrons. The van der Waals surface area contributed by atoms with Crippen molar-refractivity contribution in [1.82, 2.24) is 5.32 Å². The van der Waals surface area contributed by atoms with Crippen LogP contribution in [0.5, 0.6) is 0 Å². The van der Waals surface area contributed by atoms with Crippen molar-refractivity contribution in [3.05, 3.63) is 35.6 Å². The molecule has 1 fully saturated rings. The molecule has 1 heterocycles. The van der Waals surface area contributed by atoms with Gasteiger partial charge in [-0.2, -0.15) is 0 Å². The molecular weight excluding hydrogens is 261 g/mol. The van der Waals surface area contributed by atoms with Gasteiger partial charge in [0.15, 0.2) is 5.79 Å². The Labute approximate surface area is 118 Å². The normalized spacial score (nSPS) is 17.1. The molecule has 0 spiro atoms. The number of carbonyl (C=O) groups excluding carboxylic acids is 1. The molecule has 1 aliphatic rings. The number of amides is 1. The van der Waals surface area contributed by atoms with Crippen LogP contribution in [0.2, 0.25) is 0 Å². The fraction of sp³-hybridized carbons (Fsp3) is 0.533. The molecule has 0 unspecified atom stereocenters. The van der Waals surface area contributed by atoms with E-state index < -0.39 is 5.79 Å². The lowest BCUT2D eigenvalue weighted by Crippen LogP contribution is -2.33. The number of hydrogen-bond donors (Lipinski definition) is 1. The van der Waals surface area contributed by atoms with Crippen LogP contribution in [0.4, 0.5) is 4.39 Å². The van der Waals surface area contributed by atoms with Crippen LogP contribution < -0.4 is 5.32 Å². The minimum Gasteiger partial charge on any atom is -0.356 e. The van der Waals surface area contributed by atoms with Gasteiger partial charge in [0.2, 0.25) is 5.91 Å². The summed E-state index contributed by atoms with van der Waals surface area (Å²) in [7, 11) is 0. The highest BCUT2D eigenvalue weighted by Gasteiger charge is 2.30. The highest BCUT2D eigenvalue weighted by molar-refractivity contribution is 5.76. The van der Waals surface area contributed by atoms with Gasteiger partial charge in [0.1, 0.15) is 5.82 Å². The number of nitrogens with one attached hydrogen (secondary N) is 1. The van der Waals surface area contributed by atoms with Crippen LogP contribution in [0.3, 0.4) is 0 Å². The monoisotopic (exact) mass is 281 g/mol. The van der Waals surface area contributed by atoms with Crippen molar-refractivity contribution in [2.45, 2.75) is 32.0 Å². The third-order valence-corrected chi connectivity index (χ3v) is 3.33. The van der Waals surface area contributed by atoms with Crippen molar-refractivity contribution < 1.29 is 18.7 Å². The molecule has 0 saturated carbocycles. The van der Waals surface area contributed by atoms with Crippen molar-refractivity contribution in [3.63, 3.8) is 0 Å². The maximum Gasteiger partial charge on any atom is 0.220 e. The third kappa shape index (κ3) is 4.58. The number of rotatable bonds is 6. The first-order chi connectivity index (χ1) is 9.57. The van der Waals surface area contributed by atoms with Crippen molar-refractivity contribution in [2.75, 3.05) is 19.8 Å². The molecular formula is C15H20FNO3. The molecule has 1 N–H and O–H groups in total. The summed E-state index contributed by atoms with van der Waals surface area (Å²) < 4.78 is 23.9. The number of benzene rings is 1. The molecule has 1 aromatic carbocycles. The molecule has 1 amide bonds. The maximum atomic E-state index is 13.0. The lowest BCUT2D eigenvalue weighted by Gasteiger charge is -2.22. The van der Waals surface area contributed by atoms with Crippen LogP contribution in [0.25, 0.3) is 0 Å². The fourth-order valence-corrected chi connectivity index (χ4v) is 2.17. The van der Waals surface area contributed by atoms with E-state index in [2.05, 4.69) is 5.32 Å². The van der Waals surface area contributed by atoms with Crippen molar-refractivity contribution >= 4 is 5.91 Å². The third-order valence-electron chi connectivity index (χ3n) is 3.33. The van der Waals surface area contributed by atoms with Gasteiger partial charge >= 0.3 is 0 Å². The van der Waals surface area contributed by atoms with Gasteiger partial charge in [-0.15, -0.1) is 0 Å². The number of carbonyl (C=O) groups is 1. The molecule has 0 radical (unpaired) electrons. The second-order valence-electron chi connectivity index (χ2n) is 5.06. The van der Waals surface area contributed by atoms with Gasteiger partial charge in [-0.1, -0.05) is 12.1 Å². The summed E-state index contributed by atoms with van der Waals surface area (Å²) in [5.41, 5.74) is 0.828. The molecule has 2 rings (SSSR count). The summed E-state index contributed by atoms with van der Waals surface area (Å²) in [6.07, 6.45) is 1.51. The van der Waals surface area contributed by atoms with Crippen LogP contribution in [-0.2, 0) is 20.7 Å². The minimum absolute atomic E-state index is 0.0455. The number of hydrogen-bond acceptors (Lipinski definition) is 3. The van der Waals surface area contributed by atoms with Gasteiger partial charge in [-0.3, -0.25) is 4.79 Å². The van der Waals surface area contributed by atoms with Gasteiger partial charge < -0.3 is 14.8 Å². The van der Waals surface area contributed by atoms with E-state index in [0.717, 1.165) is 5.56 Å². The van der Waals surface area contributed by atoms with Crippen molar-refractivity contribution in [1.29, 1.82) is 0 Å². The molecule has 0 bridgehead atoms. The summed E-state index contributed by atoms with van der Waals surface area (Å²) in [4.78, 5) is 11.7. The van der Waals surface area contributed by atoms with E-state index in [0.29, 0.717) is 39.0 Å². The molecule has 4 nitrogen and oxygen atoms in total. The summed E-state index contributed by atoms with van der Waals surface area (Å²) in [5, 5.41) is 2.83. The zero-order valence-corrected chi connectivity index (χ0v) is 11.7. The Bertz CT molecular complexity index is 458. The summed E-state index contributed by atoms with van der Waals surface area (Å²) in [6.45, 7) is 3.59. The maximum absolute atomic E-state index is 13.0. The van der Waals surface area contributed by atoms with E-state index in [4.69, 9.17) is 9.47 Å². The van der Waals surface area contributed by atoms with Crippen molar-refractivity contribution in [2.24, 2.45) is 0 Å². The Morgan fingerprint density at radius 3 is 2.85 bits per heavy atom. The Kier molecular flexibility index (Phi) is 5.09. The first-order valence-electron chi connectivity index (χ1n) is 6.86. The van der Waals surface area contributed by atoms with E-state index >= 15 is 0 Å². The second kappa shape index (κ2) is 6.81. The van der Waals surface area contributed by atoms with Crippen LogP contribution in [-0.4, -0.2) is 31.5 Å². The Morgan fingerprint density at radius 1 is 1.40 bits per heavy atom. The molecule has 0 atom stereocenters. The predicted octanol–water partition coefficient (Wildman–Crippen LogP) is 2.03. The van der Waals surface area contributed by atoms with Gasteiger partial charge in [0.25, 0.3) is 0 Å². The first-order valence-corrected chi connectivity index (χ1v) is 6.86. The van der Waals surface area contributed by atoms with Gasteiger partial charge in [-0.05, 0) is 31.0 Å². The van der Waals surface area contributed by atoms with Crippen LogP contribution >= 0.6 is 0 Å². The molecule has 5 heteroatoms. The number of ether oxygens (including phenoxy) is 2. The summed E-state index contributed by atoms with van der Waals surface area (Å²) >= 11 is 0. The lowest BCUT2D eigenvalue weighted by molar-refractivity contribution is -0.146. The molecule has 0 aromatic heterocycles. The van der Waals surface area contributed by atoms with E-state index in [1.54, 1.807) is 6.07 Å². The zero-order chi connectivity index (χ0) is 14.4. The topological polar surface area (TPSA) is 47.6 Å². The molecule has 1 saturated heterocycles. The van der Waals surface area contributed by atoms with Gasteiger partial charge in [0.05, 0.1) is 13.2 Å². The van der Waals surface area contributed by atoms with Gasteiger partial charge in [-0.25, -0.2) is 4.39 Å². The number of aryl methyl sites for hydroxylation is 1. The SMILES string of the molecule is CC1(CCNC(=O)CCc2cccc(F)c2)OCCO1. The number of halogens is 1. The van der Waals surface area contributed by atoms with Crippen LogP contribution in [0, 0.1) is 5.82 Å². The lowest BCUT2D eigenvalue weighted by atomic mass is 10.1. The van der Waals surface area contributed by atoms with Crippen molar-refractivity contribution in [3.8, 4) is 0 Å². The highest BCUT2D eigenvalue weighted by atomic mass is 19.1. The first kappa shape index (κ1) is 14.9. The van der Waals surface area contributed by atoms with E-state index in [1.165, 1.54) is 12.1 Å². The fourth-order valence-electron chi connectivity index (χ4n) is 2.17. The van der Waals surface area contributed by atoms with E-state index in [-0.39, 0.29) is 11.7 Å². The molecule has 1 aliphatic heterocycles. The average Bonchev–Trinajstić information content (AvgIpc) is 2.83. The van der Waals surface area contributed by atoms with Gasteiger partial charge in [0, 0.05) is 19.4 Å². The molecule has 0 aliphatic carbocycles. The average molecular weight is 281 g/mol. The van der Waals surface area contributed by atoms with E-state index in [1.807, 2.05) is 13.0 Å². The summed E-state index contributed by atoms with van der Waals surface area (Å²) in [6, 6.07) is 6.32. The Hall–Kier alpha value is -1.46. The smallest absolute Gasteiger partial charge is 0.220 e. The highest BCUT2D eigenvalue weighted by Crippen LogP contribution is 2.21. The van der Waals surface area contributed by atoms with Crippen LogP contribution in [0.1, 0.15) is 25.3 Å².